The minimum absolute atomic E-state index is 0.0486. The van der Waals surface area contributed by atoms with Gasteiger partial charge in [-0.05, 0) is 55.3 Å². The molecule has 0 saturated carbocycles. The lowest BCUT2D eigenvalue weighted by atomic mass is 10.2. The number of carbonyl (C=O) groups is 1. The lowest BCUT2D eigenvalue weighted by Crippen LogP contribution is -2.16. The number of carbonyl (C=O) groups excluding carboxylic acids is 1. The van der Waals surface area contributed by atoms with Crippen molar-refractivity contribution in [3.8, 4) is 0 Å². The molecule has 0 fully saturated rings. The van der Waals surface area contributed by atoms with Crippen LogP contribution in [0.2, 0.25) is 0 Å². The van der Waals surface area contributed by atoms with E-state index < -0.39 is 15.8 Å². The van der Waals surface area contributed by atoms with Crippen molar-refractivity contribution in [3.63, 3.8) is 0 Å². The quantitative estimate of drug-likeness (QED) is 0.900. The second-order valence-corrected chi connectivity index (χ2v) is 6.88. The zero-order valence-corrected chi connectivity index (χ0v) is 13.8. The standard InChI is InChI=1S/C16H17FN2O3S/c1-10-4-6-14(18-12(3)20)9-16(10)23(21,22)19-15-7-5-13(17)8-11(15)2/h4-9,19H,1-3H3,(H,18,20). The molecule has 0 aliphatic carbocycles. The summed E-state index contributed by atoms with van der Waals surface area (Å²) in [4.78, 5) is 11.2. The van der Waals surface area contributed by atoms with Crippen molar-refractivity contribution in [2.24, 2.45) is 0 Å². The van der Waals surface area contributed by atoms with Crippen LogP contribution >= 0.6 is 0 Å². The van der Waals surface area contributed by atoms with Gasteiger partial charge in [-0.3, -0.25) is 9.52 Å². The maximum atomic E-state index is 13.1. The normalized spacial score (nSPS) is 11.1. The predicted molar refractivity (Wildman–Crippen MR) is 87.4 cm³/mol. The van der Waals surface area contributed by atoms with Crippen LogP contribution in [0.1, 0.15) is 18.1 Å². The Kier molecular flexibility index (Phi) is 4.70. The van der Waals surface area contributed by atoms with E-state index in [9.17, 15) is 17.6 Å². The third-order valence-electron chi connectivity index (χ3n) is 3.23. The third kappa shape index (κ3) is 4.07. The SMILES string of the molecule is CC(=O)Nc1ccc(C)c(S(=O)(=O)Nc2ccc(F)cc2C)c1. The number of nitrogens with one attached hydrogen (secondary N) is 2. The molecule has 0 aliphatic rings. The Morgan fingerprint density at radius 3 is 2.35 bits per heavy atom. The highest BCUT2D eigenvalue weighted by Crippen LogP contribution is 2.24. The van der Waals surface area contributed by atoms with Crippen LogP contribution in [-0.4, -0.2) is 14.3 Å². The van der Waals surface area contributed by atoms with Gasteiger partial charge in [-0.25, -0.2) is 12.8 Å². The summed E-state index contributed by atoms with van der Waals surface area (Å²) in [6.07, 6.45) is 0. The number of hydrogen-bond acceptors (Lipinski definition) is 3. The van der Waals surface area contributed by atoms with Crippen LogP contribution in [0.15, 0.2) is 41.3 Å². The molecular weight excluding hydrogens is 319 g/mol. The molecule has 2 rings (SSSR count). The molecule has 2 aromatic carbocycles. The van der Waals surface area contributed by atoms with Crippen molar-refractivity contribution in [1.29, 1.82) is 0 Å². The molecule has 0 heterocycles. The summed E-state index contributed by atoms with van der Waals surface area (Å²) in [7, 11) is -3.86. The van der Waals surface area contributed by atoms with Crippen molar-refractivity contribution in [3.05, 3.63) is 53.3 Å². The van der Waals surface area contributed by atoms with Gasteiger partial charge in [0.2, 0.25) is 5.91 Å². The molecule has 2 N–H and O–H groups in total. The summed E-state index contributed by atoms with van der Waals surface area (Å²) in [6, 6.07) is 8.42. The van der Waals surface area contributed by atoms with E-state index in [0.717, 1.165) is 0 Å². The van der Waals surface area contributed by atoms with Crippen LogP contribution in [0, 0.1) is 19.7 Å². The van der Waals surface area contributed by atoms with E-state index in [2.05, 4.69) is 10.0 Å². The van der Waals surface area contributed by atoms with Crippen LogP contribution < -0.4 is 10.0 Å². The molecule has 5 nitrogen and oxygen atoms in total. The van der Waals surface area contributed by atoms with E-state index in [-0.39, 0.29) is 10.8 Å². The second kappa shape index (κ2) is 6.37. The molecule has 2 aromatic rings. The van der Waals surface area contributed by atoms with Gasteiger partial charge in [0, 0.05) is 12.6 Å². The van der Waals surface area contributed by atoms with Gasteiger partial charge < -0.3 is 5.32 Å². The average Bonchev–Trinajstić information content (AvgIpc) is 2.43. The van der Waals surface area contributed by atoms with Crippen molar-refractivity contribution in [2.45, 2.75) is 25.7 Å². The third-order valence-corrected chi connectivity index (χ3v) is 4.74. The van der Waals surface area contributed by atoms with Gasteiger partial charge in [0.25, 0.3) is 10.0 Å². The zero-order valence-electron chi connectivity index (χ0n) is 13.0. The lowest BCUT2D eigenvalue weighted by molar-refractivity contribution is -0.114. The molecule has 23 heavy (non-hydrogen) atoms. The summed E-state index contributed by atoms with van der Waals surface area (Å²) in [5.74, 6) is -0.728. The van der Waals surface area contributed by atoms with Gasteiger partial charge in [0.05, 0.1) is 10.6 Å². The Bertz CT molecular complexity index is 864. The fraction of sp³-hybridized carbons (Fsp3) is 0.188. The monoisotopic (exact) mass is 336 g/mol. The van der Waals surface area contributed by atoms with E-state index in [1.165, 1.54) is 31.2 Å². The molecule has 0 aliphatic heterocycles. The molecule has 0 saturated heterocycles. The number of rotatable bonds is 4. The topological polar surface area (TPSA) is 75.3 Å². The van der Waals surface area contributed by atoms with Gasteiger partial charge >= 0.3 is 0 Å². The number of sulfonamides is 1. The summed E-state index contributed by atoms with van der Waals surface area (Å²) in [6.45, 7) is 4.61. The number of amides is 1. The van der Waals surface area contributed by atoms with Crippen LogP contribution in [0.4, 0.5) is 15.8 Å². The fourth-order valence-electron chi connectivity index (χ4n) is 2.11. The molecule has 0 radical (unpaired) electrons. The van der Waals surface area contributed by atoms with Crippen molar-refractivity contribution in [1.82, 2.24) is 0 Å². The molecular formula is C16H17FN2O3S. The van der Waals surface area contributed by atoms with Gasteiger partial charge in [-0.1, -0.05) is 6.07 Å². The molecule has 122 valence electrons. The molecule has 0 bridgehead atoms. The maximum absolute atomic E-state index is 13.1. The first-order valence-corrected chi connectivity index (χ1v) is 8.34. The van der Waals surface area contributed by atoms with Crippen LogP contribution in [0.5, 0.6) is 0 Å². The first-order chi connectivity index (χ1) is 10.7. The van der Waals surface area contributed by atoms with Crippen molar-refractivity contribution < 1.29 is 17.6 Å². The summed E-state index contributed by atoms with van der Waals surface area (Å²) in [5, 5.41) is 2.55. The first-order valence-electron chi connectivity index (χ1n) is 6.86. The molecule has 0 unspecified atom stereocenters. The highest BCUT2D eigenvalue weighted by Gasteiger charge is 2.19. The van der Waals surface area contributed by atoms with E-state index >= 15 is 0 Å². The number of halogens is 1. The van der Waals surface area contributed by atoms with Crippen LogP contribution in [0.25, 0.3) is 0 Å². The fourth-order valence-corrected chi connectivity index (χ4v) is 3.51. The van der Waals surface area contributed by atoms with Gasteiger partial charge in [0.15, 0.2) is 0 Å². The Hall–Kier alpha value is -2.41. The molecule has 0 spiro atoms. The largest absolute Gasteiger partial charge is 0.326 e. The highest BCUT2D eigenvalue weighted by molar-refractivity contribution is 7.92. The van der Waals surface area contributed by atoms with E-state index in [4.69, 9.17) is 0 Å². The van der Waals surface area contributed by atoms with Gasteiger partial charge in [-0.15, -0.1) is 0 Å². The molecule has 7 heteroatoms. The summed E-state index contributed by atoms with van der Waals surface area (Å²) >= 11 is 0. The number of anilines is 2. The number of hydrogen-bond donors (Lipinski definition) is 2. The van der Waals surface area contributed by atoms with Crippen LogP contribution in [-0.2, 0) is 14.8 Å². The van der Waals surface area contributed by atoms with Crippen molar-refractivity contribution in [2.75, 3.05) is 10.0 Å². The Balaban J connectivity index is 2.40. The van der Waals surface area contributed by atoms with E-state index in [1.807, 2.05) is 0 Å². The predicted octanol–water partition coefficient (Wildman–Crippen LogP) is 3.20. The highest BCUT2D eigenvalue weighted by atomic mass is 32.2. The van der Waals surface area contributed by atoms with E-state index in [1.54, 1.807) is 26.0 Å². The maximum Gasteiger partial charge on any atom is 0.262 e. The summed E-state index contributed by atoms with van der Waals surface area (Å²) in [5.41, 5.74) is 1.70. The smallest absolute Gasteiger partial charge is 0.262 e. The van der Waals surface area contributed by atoms with Gasteiger partial charge in [0.1, 0.15) is 5.82 Å². The lowest BCUT2D eigenvalue weighted by Gasteiger charge is -2.13. The second-order valence-electron chi connectivity index (χ2n) is 5.23. The average molecular weight is 336 g/mol. The molecule has 0 aromatic heterocycles. The van der Waals surface area contributed by atoms with Crippen LogP contribution in [0.3, 0.4) is 0 Å². The first kappa shape index (κ1) is 17.0. The zero-order chi connectivity index (χ0) is 17.2. The minimum Gasteiger partial charge on any atom is -0.326 e. The Labute approximate surface area is 134 Å². The Morgan fingerprint density at radius 1 is 1.04 bits per heavy atom. The van der Waals surface area contributed by atoms with E-state index in [0.29, 0.717) is 22.5 Å². The van der Waals surface area contributed by atoms with Gasteiger partial charge in [-0.2, -0.15) is 0 Å². The number of aryl methyl sites for hydroxylation is 2. The molecule has 1 amide bonds. The molecule has 0 atom stereocenters. The number of benzene rings is 2. The Morgan fingerprint density at radius 2 is 1.74 bits per heavy atom. The minimum atomic E-state index is -3.86. The van der Waals surface area contributed by atoms with Crippen molar-refractivity contribution >= 4 is 27.3 Å². The summed E-state index contributed by atoms with van der Waals surface area (Å²) < 4.78 is 40.7.